The van der Waals surface area contributed by atoms with Gasteiger partial charge in [0, 0.05) is 19.2 Å². The van der Waals surface area contributed by atoms with Crippen LogP contribution in [0.5, 0.6) is 0 Å². The lowest BCUT2D eigenvalue weighted by Gasteiger charge is -2.28. The molecular formula is C19H22N6O3S. The van der Waals surface area contributed by atoms with Gasteiger partial charge in [0.15, 0.2) is 11.0 Å². The summed E-state index contributed by atoms with van der Waals surface area (Å²) in [4.78, 5) is 14.7. The van der Waals surface area contributed by atoms with Gasteiger partial charge in [-0.3, -0.25) is 9.36 Å². The molecule has 2 aromatic heterocycles. The second-order valence-electron chi connectivity index (χ2n) is 6.63. The number of benzene rings is 1. The van der Waals surface area contributed by atoms with Crippen molar-refractivity contribution >= 4 is 29.4 Å². The van der Waals surface area contributed by atoms with Crippen molar-refractivity contribution in [1.29, 1.82) is 0 Å². The molecule has 1 aliphatic heterocycles. The van der Waals surface area contributed by atoms with E-state index in [4.69, 9.17) is 9.26 Å². The number of ether oxygens (including phenoxy) is 1. The van der Waals surface area contributed by atoms with Gasteiger partial charge in [0.2, 0.25) is 11.9 Å². The van der Waals surface area contributed by atoms with Crippen LogP contribution in [0.15, 0.2) is 46.1 Å². The summed E-state index contributed by atoms with van der Waals surface area (Å²) in [5, 5.41) is 15.6. The summed E-state index contributed by atoms with van der Waals surface area (Å²) < 4.78 is 12.4. The fourth-order valence-corrected chi connectivity index (χ4v) is 3.84. The molecule has 0 aliphatic carbocycles. The molecule has 1 unspecified atom stereocenters. The van der Waals surface area contributed by atoms with E-state index in [9.17, 15) is 4.79 Å². The van der Waals surface area contributed by atoms with Crippen molar-refractivity contribution in [2.24, 2.45) is 0 Å². The number of morpholine rings is 1. The Morgan fingerprint density at radius 2 is 1.97 bits per heavy atom. The highest BCUT2D eigenvalue weighted by Gasteiger charge is 2.25. The van der Waals surface area contributed by atoms with Crippen LogP contribution in [0.25, 0.3) is 5.69 Å². The third kappa shape index (κ3) is 4.43. The molecule has 1 amide bonds. The lowest BCUT2D eigenvalue weighted by atomic mass is 10.3. The van der Waals surface area contributed by atoms with Crippen LogP contribution in [0, 0.1) is 6.92 Å². The summed E-state index contributed by atoms with van der Waals surface area (Å²) >= 11 is 1.35. The molecule has 29 heavy (non-hydrogen) atoms. The average molecular weight is 414 g/mol. The Balaban J connectivity index is 1.57. The second-order valence-corrected chi connectivity index (χ2v) is 7.93. The highest BCUT2D eigenvalue weighted by molar-refractivity contribution is 8.00. The first-order valence-electron chi connectivity index (χ1n) is 9.36. The lowest BCUT2D eigenvalue weighted by molar-refractivity contribution is -0.115. The van der Waals surface area contributed by atoms with E-state index in [1.54, 1.807) is 13.0 Å². The van der Waals surface area contributed by atoms with Gasteiger partial charge < -0.3 is 19.5 Å². The zero-order chi connectivity index (χ0) is 20.2. The number of hydrogen-bond donors (Lipinski definition) is 1. The van der Waals surface area contributed by atoms with Crippen molar-refractivity contribution in [3.63, 3.8) is 0 Å². The molecule has 0 saturated carbocycles. The zero-order valence-corrected chi connectivity index (χ0v) is 17.1. The number of hydrogen-bond acceptors (Lipinski definition) is 8. The second kappa shape index (κ2) is 8.66. The average Bonchev–Trinajstić information content (AvgIpc) is 3.35. The Hall–Kier alpha value is -2.85. The summed E-state index contributed by atoms with van der Waals surface area (Å²) in [6.45, 7) is 6.40. The van der Waals surface area contributed by atoms with Crippen molar-refractivity contribution < 1.29 is 14.1 Å². The quantitative estimate of drug-likeness (QED) is 0.615. The number of rotatable bonds is 6. The summed E-state index contributed by atoms with van der Waals surface area (Å²) in [6, 6.07) is 11.6. The number of anilines is 2. The van der Waals surface area contributed by atoms with Crippen LogP contribution < -0.4 is 10.2 Å². The predicted molar refractivity (Wildman–Crippen MR) is 110 cm³/mol. The van der Waals surface area contributed by atoms with E-state index < -0.39 is 5.25 Å². The van der Waals surface area contributed by atoms with Crippen LogP contribution in [-0.4, -0.2) is 57.4 Å². The van der Waals surface area contributed by atoms with Crippen LogP contribution in [0.4, 0.5) is 11.8 Å². The minimum absolute atomic E-state index is 0.182. The van der Waals surface area contributed by atoms with Crippen LogP contribution >= 0.6 is 11.8 Å². The number of nitrogens with zero attached hydrogens (tertiary/aromatic N) is 5. The molecule has 1 fully saturated rings. The Labute approximate surface area is 172 Å². The van der Waals surface area contributed by atoms with E-state index in [0.717, 1.165) is 24.7 Å². The standard InChI is InChI=1S/C19H22N6O3S/c1-13-12-16(23-28-13)20-17(26)14(2)29-19-22-21-18(24-8-10-27-11-9-24)25(19)15-6-4-3-5-7-15/h3-7,12,14H,8-11H2,1-2H3,(H,20,23,26). The van der Waals surface area contributed by atoms with Crippen molar-refractivity contribution in [3.8, 4) is 5.69 Å². The Bertz CT molecular complexity index is 967. The van der Waals surface area contributed by atoms with E-state index in [1.807, 2.05) is 41.8 Å². The topological polar surface area (TPSA) is 98.3 Å². The molecule has 4 rings (SSSR count). The van der Waals surface area contributed by atoms with Gasteiger partial charge in [-0.1, -0.05) is 35.1 Å². The highest BCUT2D eigenvalue weighted by atomic mass is 32.2. The third-order valence-electron chi connectivity index (χ3n) is 4.46. The molecule has 1 atom stereocenters. The molecule has 0 bridgehead atoms. The molecule has 1 saturated heterocycles. The van der Waals surface area contributed by atoms with E-state index in [1.165, 1.54) is 11.8 Å². The van der Waals surface area contributed by atoms with Gasteiger partial charge in [0.25, 0.3) is 0 Å². The molecule has 3 heterocycles. The summed E-state index contributed by atoms with van der Waals surface area (Å²) in [5.41, 5.74) is 0.946. The van der Waals surface area contributed by atoms with E-state index >= 15 is 0 Å². The fourth-order valence-electron chi connectivity index (χ4n) is 2.97. The van der Waals surface area contributed by atoms with Crippen molar-refractivity contribution in [1.82, 2.24) is 19.9 Å². The van der Waals surface area contributed by atoms with Crippen molar-refractivity contribution in [2.45, 2.75) is 24.3 Å². The number of thioether (sulfide) groups is 1. The molecule has 1 aromatic carbocycles. The molecule has 1 aliphatic rings. The van der Waals surface area contributed by atoms with Crippen LogP contribution in [0.1, 0.15) is 12.7 Å². The number of carbonyl (C=O) groups excluding carboxylic acids is 1. The lowest BCUT2D eigenvalue weighted by Crippen LogP contribution is -2.37. The SMILES string of the molecule is Cc1cc(NC(=O)C(C)Sc2nnc(N3CCOCC3)n2-c2ccccc2)no1. The maximum absolute atomic E-state index is 12.6. The Morgan fingerprint density at radius 1 is 1.21 bits per heavy atom. The van der Waals surface area contributed by atoms with Crippen molar-refractivity contribution in [3.05, 3.63) is 42.2 Å². The van der Waals surface area contributed by atoms with E-state index in [2.05, 4.69) is 25.6 Å². The number of aromatic nitrogens is 4. The highest BCUT2D eigenvalue weighted by Crippen LogP contribution is 2.30. The summed E-state index contributed by atoms with van der Waals surface area (Å²) in [6.07, 6.45) is 0. The minimum atomic E-state index is -0.406. The van der Waals surface area contributed by atoms with Gasteiger partial charge in [0.05, 0.1) is 24.2 Å². The molecule has 152 valence electrons. The number of amides is 1. The molecule has 1 N–H and O–H groups in total. The maximum atomic E-state index is 12.6. The van der Waals surface area contributed by atoms with Crippen molar-refractivity contribution in [2.75, 3.05) is 36.5 Å². The monoisotopic (exact) mass is 414 g/mol. The third-order valence-corrected chi connectivity index (χ3v) is 5.50. The number of para-hydroxylation sites is 1. The van der Waals surface area contributed by atoms with Crippen LogP contribution in [0.2, 0.25) is 0 Å². The predicted octanol–water partition coefficient (Wildman–Crippen LogP) is 2.52. The molecule has 9 nitrogen and oxygen atoms in total. The van der Waals surface area contributed by atoms with E-state index in [0.29, 0.717) is 29.9 Å². The van der Waals surface area contributed by atoms with E-state index in [-0.39, 0.29) is 5.91 Å². The summed E-state index contributed by atoms with van der Waals surface area (Å²) in [5.74, 6) is 1.61. The van der Waals surface area contributed by atoms with Gasteiger partial charge >= 0.3 is 0 Å². The minimum Gasteiger partial charge on any atom is -0.378 e. The number of nitrogens with one attached hydrogen (secondary N) is 1. The maximum Gasteiger partial charge on any atom is 0.238 e. The number of carbonyl (C=O) groups is 1. The number of aryl methyl sites for hydroxylation is 1. The van der Waals surface area contributed by atoms with Gasteiger partial charge in [-0.05, 0) is 26.0 Å². The van der Waals surface area contributed by atoms with Gasteiger partial charge in [0.1, 0.15) is 5.76 Å². The first kappa shape index (κ1) is 19.5. The molecular weight excluding hydrogens is 392 g/mol. The van der Waals surface area contributed by atoms with Gasteiger partial charge in [-0.15, -0.1) is 10.2 Å². The van der Waals surface area contributed by atoms with Crippen LogP contribution in [0.3, 0.4) is 0 Å². The van der Waals surface area contributed by atoms with Gasteiger partial charge in [-0.2, -0.15) is 0 Å². The largest absolute Gasteiger partial charge is 0.378 e. The smallest absolute Gasteiger partial charge is 0.238 e. The summed E-state index contributed by atoms with van der Waals surface area (Å²) in [7, 11) is 0. The molecule has 10 heteroatoms. The normalized spacial score (nSPS) is 15.3. The van der Waals surface area contributed by atoms with Crippen LogP contribution in [-0.2, 0) is 9.53 Å². The molecule has 0 spiro atoms. The first-order chi connectivity index (χ1) is 14.1. The first-order valence-corrected chi connectivity index (χ1v) is 10.2. The fraction of sp³-hybridized carbons (Fsp3) is 0.368. The molecule has 3 aromatic rings. The molecule has 0 radical (unpaired) electrons. The Kier molecular flexibility index (Phi) is 5.81. The van der Waals surface area contributed by atoms with Gasteiger partial charge in [-0.25, -0.2) is 0 Å². The zero-order valence-electron chi connectivity index (χ0n) is 16.2. The Morgan fingerprint density at radius 3 is 2.66 bits per heavy atom.